The van der Waals surface area contributed by atoms with Crippen molar-refractivity contribution in [3.05, 3.63) is 200 Å². The van der Waals surface area contributed by atoms with Gasteiger partial charge in [-0.1, -0.05) is 139 Å². The Hall–Kier alpha value is -7.36. The van der Waals surface area contributed by atoms with E-state index >= 15 is 0 Å². The smallest absolute Gasteiger partial charge is 0.137 e. The predicted octanol–water partition coefficient (Wildman–Crippen LogP) is 15.1. The fourth-order valence-corrected chi connectivity index (χ4v) is 7.42. The van der Waals surface area contributed by atoms with Crippen LogP contribution in [-0.4, -0.2) is 0 Å². The molecule has 9 aromatic carbocycles. The first kappa shape index (κ1) is 21.4. The maximum atomic E-state index is 9.44. The number of furan rings is 2. The van der Waals surface area contributed by atoms with E-state index in [0.717, 1.165) is 44.5 Å². The first-order chi connectivity index (χ1) is 32.2. The van der Waals surface area contributed by atoms with Gasteiger partial charge in [0, 0.05) is 27.5 Å². The highest BCUT2D eigenvalue weighted by molar-refractivity contribution is 6.19. The van der Waals surface area contributed by atoms with Crippen molar-refractivity contribution in [2.75, 3.05) is 4.90 Å². The van der Waals surface area contributed by atoms with Gasteiger partial charge in [0.25, 0.3) is 0 Å². The number of nitrogens with zero attached hydrogens (tertiary/aromatic N) is 1. The van der Waals surface area contributed by atoms with Gasteiger partial charge in [-0.15, -0.1) is 0 Å². The summed E-state index contributed by atoms with van der Waals surface area (Å²) >= 11 is 0. The van der Waals surface area contributed by atoms with Crippen molar-refractivity contribution < 1.29 is 25.3 Å². The topological polar surface area (TPSA) is 29.5 Å². The monoisotopic (exact) mass is 715 g/mol. The molecule has 11 aromatic rings. The Labute approximate surface area is 334 Å². The highest BCUT2D eigenvalue weighted by Gasteiger charge is 2.20. The normalized spacial score (nSPS) is 14.7. The van der Waals surface area contributed by atoms with Crippen molar-refractivity contribution in [1.82, 2.24) is 0 Å². The van der Waals surface area contributed by atoms with Crippen LogP contribution < -0.4 is 4.90 Å². The zero-order chi connectivity index (χ0) is 46.7. The van der Waals surface area contributed by atoms with Gasteiger partial charge in [-0.05, 0) is 105 Å². The average molecular weight is 716 g/mol. The molecule has 2 heterocycles. The molecule has 0 unspecified atom stereocenters. The Morgan fingerprint density at radius 1 is 0.364 bits per heavy atom. The van der Waals surface area contributed by atoms with E-state index < -0.39 is 36.3 Å². The molecule has 0 fully saturated rings. The zero-order valence-electron chi connectivity index (χ0n) is 40.9. The molecule has 0 amide bonds. The first-order valence-electron chi connectivity index (χ1n) is 23.7. The van der Waals surface area contributed by atoms with Crippen LogP contribution in [-0.2, 0) is 0 Å². The average Bonchev–Trinajstić information content (AvgIpc) is 3.94. The molecule has 258 valence electrons. The molecular formula is C52H33NO2. The molecule has 0 aliphatic heterocycles. The molecule has 0 saturated carbocycles. The van der Waals surface area contributed by atoms with E-state index in [0.29, 0.717) is 27.7 Å². The van der Waals surface area contributed by atoms with Crippen molar-refractivity contribution >= 4 is 71.7 Å². The number of rotatable bonds is 6. The van der Waals surface area contributed by atoms with Crippen LogP contribution in [0.5, 0.6) is 0 Å². The largest absolute Gasteiger partial charge is 0.456 e. The second-order valence-corrected chi connectivity index (χ2v) is 13.2. The summed E-state index contributed by atoms with van der Waals surface area (Å²) in [6.45, 7) is 0. The van der Waals surface area contributed by atoms with E-state index in [4.69, 9.17) is 23.9 Å². The molecule has 11 rings (SSSR count). The van der Waals surface area contributed by atoms with Gasteiger partial charge in [0.05, 0.1) is 27.5 Å². The quantitative estimate of drug-likeness (QED) is 0.172. The first-order valence-corrected chi connectivity index (χ1v) is 17.7. The van der Waals surface area contributed by atoms with Crippen LogP contribution in [0.2, 0.25) is 0 Å². The molecule has 0 aliphatic rings. The molecule has 0 spiro atoms. The summed E-state index contributed by atoms with van der Waals surface area (Å²) in [4.78, 5) is 2.09. The standard InChI is InChI=1S/C52H33NO2/c1-2-9-34(10-3-1)36-23-28-41(29-24-36)53(46-13-8-16-49-52(46)44-12-5-7-15-48(44)54-49)42-30-25-37(26-31-42)35-17-19-38(20-18-35)40-22-21-39-27-32-50-51(45(39)33-40)43-11-4-6-14-47(43)55-50/h1-33H/i1D,2D,3D,4D,6D,9D,10D,11D,14D,27D,32D,33D. The van der Waals surface area contributed by atoms with Gasteiger partial charge in [0.1, 0.15) is 22.3 Å². The van der Waals surface area contributed by atoms with Crippen LogP contribution in [0, 0.1) is 0 Å². The molecule has 3 heteroatoms. The zero-order valence-corrected chi connectivity index (χ0v) is 28.9. The van der Waals surface area contributed by atoms with Crippen LogP contribution in [0.4, 0.5) is 17.1 Å². The number of benzene rings is 9. The Balaban J connectivity index is 0.991. The maximum absolute atomic E-state index is 9.44. The van der Waals surface area contributed by atoms with Crippen LogP contribution in [0.25, 0.3) is 88.0 Å². The lowest BCUT2D eigenvalue weighted by molar-refractivity contribution is 0.668. The third-order valence-electron chi connectivity index (χ3n) is 10.0. The van der Waals surface area contributed by atoms with Crippen molar-refractivity contribution in [1.29, 1.82) is 0 Å². The van der Waals surface area contributed by atoms with Gasteiger partial charge < -0.3 is 13.7 Å². The lowest BCUT2D eigenvalue weighted by atomic mass is 9.96. The highest BCUT2D eigenvalue weighted by Crippen LogP contribution is 2.44. The third kappa shape index (κ3) is 5.28. The fraction of sp³-hybridized carbons (Fsp3) is 0. The minimum Gasteiger partial charge on any atom is -0.456 e. The van der Waals surface area contributed by atoms with Crippen LogP contribution in [0.1, 0.15) is 16.4 Å². The maximum Gasteiger partial charge on any atom is 0.137 e. The molecule has 0 atom stereocenters. The van der Waals surface area contributed by atoms with Gasteiger partial charge in [0.15, 0.2) is 0 Å². The molecule has 0 bridgehead atoms. The predicted molar refractivity (Wildman–Crippen MR) is 229 cm³/mol. The van der Waals surface area contributed by atoms with Crippen molar-refractivity contribution in [3.63, 3.8) is 0 Å². The molecule has 3 nitrogen and oxygen atoms in total. The number of hydrogen-bond acceptors (Lipinski definition) is 3. The number of anilines is 3. The molecule has 0 aliphatic carbocycles. The summed E-state index contributed by atoms with van der Waals surface area (Å²) in [7, 11) is 0. The van der Waals surface area contributed by atoms with Gasteiger partial charge >= 0.3 is 0 Å². The van der Waals surface area contributed by atoms with E-state index in [1.807, 2.05) is 103 Å². The summed E-state index contributed by atoms with van der Waals surface area (Å²) in [5.74, 6) is 0. The molecular weight excluding hydrogens is 671 g/mol. The SMILES string of the molecule is [2H]c1c([2H])c([2H])c(-c2ccc(N(c3ccc(-c4ccc(-c5ccc6c([2H])c([2H])c7oc8c([2H])c([2H])c([2H])c([2H])c8c7c6c5[2H])cc4)cc3)c3cccc4oc5ccccc5c34)cc2)c([2H])c1[2H]. The van der Waals surface area contributed by atoms with Gasteiger partial charge in [-0.2, -0.15) is 0 Å². The summed E-state index contributed by atoms with van der Waals surface area (Å²) < 4.78 is 114. The lowest BCUT2D eigenvalue weighted by Crippen LogP contribution is -2.10. The third-order valence-corrected chi connectivity index (χ3v) is 10.0. The lowest BCUT2D eigenvalue weighted by Gasteiger charge is -2.26. The van der Waals surface area contributed by atoms with Crippen molar-refractivity contribution in [2.24, 2.45) is 0 Å². The molecule has 55 heavy (non-hydrogen) atoms. The summed E-state index contributed by atoms with van der Waals surface area (Å²) in [5.41, 5.74) is 7.30. The summed E-state index contributed by atoms with van der Waals surface area (Å²) in [6.07, 6.45) is 0. The Bertz CT molecular complexity index is 3850. The molecule has 2 aromatic heterocycles. The Morgan fingerprint density at radius 3 is 1.73 bits per heavy atom. The number of hydrogen-bond donors (Lipinski definition) is 0. The second kappa shape index (κ2) is 12.6. The summed E-state index contributed by atoms with van der Waals surface area (Å²) in [6, 6.07) is 36.2. The van der Waals surface area contributed by atoms with Gasteiger partial charge in [0.2, 0.25) is 0 Å². The molecule has 0 saturated heterocycles. The molecule has 0 radical (unpaired) electrons. The summed E-state index contributed by atoms with van der Waals surface area (Å²) in [5, 5.41) is 2.68. The van der Waals surface area contributed by atoms with E-state index in [1.54, 1.807) is 24.3 Å². The fourth-order valence-electron chi connectivity index (χ4n) is 7.42. The van der Waals surface area contributed by atoms with Crippen LogP contribution >= 0.6 is 0 Å². The van der Waals surface area contributed by atoms with E-state index in [2.05, 4.69) is 4.90 Å². The molecule has 0 N–H and O–H groups in total. The minimum absolute atomic E-state index is 0.0325. The second-order valence-electron chi connectivity index (χ2n) is 13.2. The minimum atomic E-state index is -0.472. The number of para-hydroxylation sites is 2. The van der Waals surface area contributed by atoms with Gasteiger partial charge in [-0.3, -0.25) is 0 Å². The van der Waals surface area contributed by atoms with Gasteiger partial charge in [-0.25, -0.2) is 0 Å². The number of fused-ring (bicyclic) bond motifs is 8. The highest BCUT2D eigenvalue weighted by atomic mass is 16.3. The Morgan fingerprint density at radius 2 is 0.964 bits per heavy atom. The van der Waals surface area contributed by atoms with Crippen LogP contribution in [0.15, 0.2) is 209 Å². The van der Waals surface area contributed by atoms with E-state index in [-0.39, 0.29) is 69.1 Å². The Kier molecular flexibility index (Phi) is 4.91. The van der Waals surface area contributed by atoms with Crippen molar-refractivity contribution in [3.8, 4) is 33.4 Å². The van der Waals surface area contributed by atoms with Crippen LogP contribution in [0.3, 0.4) is 0 Å². The van der Waals surface area contributed by atoms with E-state index in [1.165, 1.54) is 0 Å². The van der Waals surface area contributed by atoms with E-state index in [9.17, 15) is 1.37 Å². The van der Waals surface area contributed by atoms with Crippen molar-refractivity contribution in [2.45, 2.75) is 0 Å².